The molecule has 1 fully saturated rings. The molecular weight excluding hydrogens is 334 g/mol. The van der Waals surface area contributed by atoms with Gasteiger partial charge in [0, 0.05) is 18.5 Å². The maximum absolute atomic E-state index is 12.3. The molecule has 1 aromatic rings. The number of benzene rings is 1. The first-order valence-electron chi connectivity index (χ1n) is 8.70. The fourth-order valence-corrected chi connectivity index (χ4v) is 2.96. The standard InChI is InChI=1S/C19H27N3O4/c1-4-9-20-19(24)14-7-10-22(11-8-14)13-18(23)21-16-6-5-15(25-2)12-17(16)26-3/h4-6,12,14H,1,7-11,13H2,2-3H3,(H,20,24)(H,21,23). The number of likely N-dealkylation sites (tertiary alicyclic amines) is 1. The van der Waals surface area contributed by atoms with Crippen LogP contribution >= 0.6 is 0 Å². The summed E-state index contributed by atoms with van der Waals surface area (Å²) in [6.45, 7) is 5.82. The highest BCUT2D eigenvalue weighted by Crippen LogP contribution is 2.29. The van der Waals surface area contributed by atoms with Crippen LogP contribution in [-0.2, 0) is 9.59 Å². The summed E-state index contributed by atoms with van der Waals surface area (Å²) in [5.74, 6) is 1.18. The van der Waals surface area contributed by atoms with Crippen molar-refractivity contribution in [3.8, 4) is 11.5 Å². The Kier molecular flexibility index (Phi) is 7.47. The average Bonchev–Trinajstić information content (AvgIpc) is 2.66. The molecule has 2 amide bonds. The lowest BCUT2D eigenvalue weighted by atomic mass is 9.96. The van der Waals surface area contributed by atoms with Crippen LogP contribution < -0.4 is 20.1 Å². The molecule has 0 saturated carbocycles. The molecule has 0 spiro atoms. The molecule has 7 heteroatoms. The highest BCUT2D eigenvalue weighted by molar-refractivity contribution is 5.93. The zero-order chi connectivity index (χ0) is 18.9. The van der Waals surface area contributed by atoms with Crippen LogP contribution in [0.1, 0.15) is 12.8 Å². The number of carbonyl (C=O) groups is 2. The first-order valence-corrected chi connectivity index (χ1v) is 8.70. The van der Waals surface area contributed by atoms with Crippen molar-refractivity contribution in [2.24, 2.45) is 5.92 Å². The van der Waals surface area contributed by atoms with Gasteiger partial charge in [0.15, 0.2) is 0 Å². The molecule has 0 aromatic heterocycles. The summed E-state index contributed by atoms with van der Waals surface area (Å²) in [6, 6.07) is 5.25. The SMILES string of the molecule is C=CCNC(=O)C1CCN(CC(=O)Nc2ccc(OC)cc2OC)CC1. The van der Waals surface area contributed by atoms with E-state index >= 15 is 0 Å². The summed E-state index contributed by atoms with van der Waals surface area (Å²) in [5.41, 5.74) is 0.608. The first-order chi connectivity index (χ1) is 12.6. The van der Waals surface area contributed by atoms with Crippen molar-refractivity contribution in [3.05, 3.63) is 30.9 Å². The second kappa shape index (κ2) is 9.82. The molecule has 1 aliphatic rings. The van der Waals surface area contributed by atoms with E-state index in [9.17, 15) is 9.59 Å². The Labute approximate surface area is 154 Å². The molecule has 1 saturated heterocycles. The smallest absolute Gasteiger partial charge is 0.238 e. The molecule has 7 nitrogen and oxygen atoms in total. The zero-order valence-electron chi connectivity index (χ0n) is 15.4. The van der Waals surface area contributed by atoms with E-state index in [0.717, 1.165) is 25.9 Å². The van der Waals surface area contributed by atoms with Crippen LogP contribution in [0.25, 0.3) is 0 Å². The third kappa shape index (κ3) is 5.49. The van der Waals surface area contributed by atoms with E-state index in [1.807, 2.05) is 0 Å². The number of rotatable bonds is 8. The molecule has 0 unspecified atom stereocenters. The Hall–Kier alpha value is -2.54. The van der Waals surface area contributed by atoms with Crippen LogP contribution in [0.5, 0.6) is 11.5 Å². The maximum Gasteiger partial charge on any atom is 0.238 e. The lowest BCUT2D eigenvalue weighted by Crippen LogP contribution is -2.43. The number of anilines is 1. The molecule has 142 valence electrons. The van der Waals surface area contributed by atoms with Gasteiger partial charge in [-0.25, -0.2) is 0 Å². The van der Waals surface area contributed by atoms with E-state index in [0.29, 0.717) is 23.7 Å². The number of nitrogens with zero attached hydrogens (tertiary/aromatic N) is 1. The van der Waals surface area contributed by atoms with Crippen LogP contribution in [0.4, 0.5) is 5.69 Å². The van der Waals surface area contributed by atoms with Crippen molar-refractivity contribution in [3.63, 3.8) is 0 Å². The summed E-state index contributed by atoms with van der Waals surface area (Å²) < 4.78 is 10.4. The van der Waals surface area contributed by atoms with E-state index in [1.165, 1.54) is 0 Å². The monoisotopic (exact) mass is 361 g/mol. The lowest BCUT2D eigenvalue weighted by Gasteiger charge is -2.30. The molecule has 0 atom stereocenters. The first kappa shape index (κ1) is 19.8. The van der Waals surface area contributed by atoms with Crippen molar-refractivity contribution in [2.75, 3.05) is 45.7 Å². The minimum Gasteiger partial charge on any atom is -0.497 e. The lowest BCUT2D eigenvalue weighted by molar-refractivity contribution is -0.126. The number of methoxy groups -OCH3 is 2. The van der Waals surface area contributed by atoms with Crippen LogP contribution in [-0.4, -0.2) is 57.1 Å². The summed E-state index contributed by atoms with van der Waals surface area (Å²) in [7, 11) is 3.13. The van der Waals surface area contributed by atoms with Crippen molar-refractivity contribution in [1.29, 1.82) is 0 Å². The quantitative estimate of drug-likeness (QED) is 0.689. The number of hydrogen-bond acceptors (Lipinski definition) is 5. The zero-order valence-corrected chi connectivity index (χ0v) is 15.4. The number of ether oxygens (including phenoxy) is 2. The van der Waals surface area contributed by atoms with Crippen LogP contribution in [0, 0.1) is 5.92 Å². The normalized spacial score (nSPS) is 15.2. The van der Waals surface area contributed by atoms with Gasteiger partial charge in [0.25, 0.3) is 0 Å². The topological polar surface area (TPSA) is 79.9 Å². The molecular formula is C19H27N3O4. The molecule has 2 rings (SSSR count). The second-order valence-corrected chi connectivity index (χ2v) is 6.20. The number of piperidine rings is 1. The Morgan fingerprint density at radius 3 is 2.62 bits per heavy atom. The van der Waals surface area contributed by atoms with E-state index in [2.05, 4.69) is 22.1 Å². The van der Waals surface area contributed by atoms with Gasteiger partial charge < -0.3 is 20.1 Å². The van der Waals surface area contributed by atoms with Gasteiger partial charge in [0.05, 0.1) is 26.5 Å². The van der Waals surface area contributed by atoms with Gasteiger partial charge >= 0.3 is 0 Å². The Bertz CT molecular complexity index is 640. The average molecular weight is 361 g/mol. The van der Waals surface area contributed by atoms with E-state index in [4.69, 9.17) is 9.47 Å². The molecule has 0 bridgehead atoms. The minimum atomic E-state index is -0.108. The third-order valence-corrected chi connectivity index (χ3v) is 4.43. The van der Waals surface area contributed by atoms with Crippen LogP contribution in [0.2, 0.25) is 0 Å². The summed E-state index contributed by atoms with van der Waals surface area (Å²) >= 11 is 0. The Balaban J connectivity index is 1.82. The van der Waals surface area contributed by atoms with Gasteiger partial charge in [-0.2, -0.15) is 0 Å². The van der Waals surface area contributed by atoms with Crippen molar-refractivity contribution >= 4 is 17.5 Å². The van der Waals surface area contributed by atoms with Gasteiger partial charge in [-0.05, 0) is 38.1 Å². The van der Waals surface area contributed by atoms with Gasteiger partial charge in [0.1, 0.15) is 11.5 Å². The Morgan fingerprint density at radius 2 is 2.00 bits per heavy atom. The van der Waals surface area contributed by atoms with Gasteiger partial charge in [0.2, 0.25) is 11.8 Å². The number of amides is 2. The van der Waals surface area contributed by atoms with E-state index in [1.54, 1.807) is 38.5 Å². The highest BCUT2D eigenvalue weighted by Gasteiger charge is 2.25. The van der Waals surface area contributed by atoms with Gasteiger partial charge in [-0.15, -0.1) is 6.58 Å². The van der Waals surface area contributed by atoms with E-state index in [-0.39, 0.29) is 24.3 Å². The van der Waals surface area contributed by atoms with Crippen LogP contribution in [0.15, 0.2) is 30.9 Å². The predicted octanol–water partition coefficient (Wildman–Crippen LogP) is 1.66. The maximum atomic E-state index is 12.3. The molecule has 1 aromatic carbocycles. The van der Waals surface area contributed by atoms with Crippen molar-refractivity contribution in [2.45, 2.75) is 12.8 Å². The summed E-state index contributed by atoms with van der Waals surface area (Å²) in [5, 5.41) is 5.70. The molecule has 2 N–H and O–H groups in total. The summed E-state index contributed by atoms with van der Waals surface area (Å²) in [6.07, 6.45) is 3.18. The molecule has 26 heavy (non-hydrogen) atoms. The fraction of sp³-hybridized carbons (Fsp3) is 0.474. The largest absolute Gasteiger partial charge is 0.497 e. The molecule has 0 aliphatic carbocycles. The molecule has 1 aliphatic heterocycles. The number of carbonyl (C=O) groups excluding carboxylic acids is 2. The predicted molar refractivity (Wildman–Crippen MR) is 101 cm³/mol. The molecule has 1 heterocycles. The summed E-state index contributed by atoms with van der Waals surface area (Å²) in [4.78, 5) is 26.4. The minimum absolute atomic E-state index is 0.0101. The molecule has 0 radical (unpaired) electrons. The highest BCUT2D eigenvalue weighted by atomic mass is 16.5. The Morgan fingerprint density at radius 1 is 1.27 bits per heavy atom. The van der Waals surface area contributed by atoms with E-state index < -0.39 is 0 Å². The van der Waals surface area contributed by atoms with Crippen LogP contribution in [0.3, 0.4) is 0 Å². The van der Waals surface area contributed by atoms with Gasteiger partial charge in [-0.3, -0.25) is 14.5 Å². The van der Waals surface area contributed by atoms with Crippen molar-refractivity contribution in [1.82, 2.24) is 10.2 Å². The number of hydrogen-bond donors (Lipinski definition) is 2. The van der Waals surface area contributed by atoms with Gasteiger partial charge in [-0.1, -0.05) is 6.08 Å². The van der Waals surface area contributed by atoms with Crippen molar-refractivity contribution < 1.29 is 19.1 Å². The number of nitrogens with one attached hydrogen (secondary N) is 2. The third-order valence-electron chi connectivity index (χ3n) is 4.43. The fourth-order valence-electron chi connectivity index (χ4n) is 2.96. The second-order valence-electron chi connectivity index (χ2n) is 6.20.